The van der Waals surface area contributed by atoms with Gasteiger partial charge in [0.15, 0.2) is 0 Å². The molecule has 80 heavy (non-hydrogen) atoms. The lowest BCUT2D eigenvalue weighted by Crippen LogP contribution is -2.11. The van der Waals surface area contributed by atoms with Crippen LogP contribution in [0, 0.1) is 0 Å². The van der Waals surface area contributed by atoms with E-state index in [0.717, 1.165) is 133 Å². The molecule has 0 radical (unpaired) electrons. The molecule has 0 aromatic heterocycles. The average molecular weight is 1330 g/mol. The highest BCUT2D eigenvalue weighted by atomic mass is 79.9. The van der Waals surface area contributed by atoms with Gasteiger partial charge in [-0.1, -0.05) is 164 Å². The summed E-state index contributed by atoms with van der Waals surface area (Å²) in [6.07, 6.45) is 5.02. The molecule has 0 saturated heterocycles. The summed E-state index contributed by atoms with van der Waals surface area (Å²) < 4.78 is 59.3. The maximum absolute atomic E-state index is 6.99. The lowest BCUT2D eigenvalue weighted by Gasteiger charge is -2.25. The molecule has 416 valence electrons. The van der Waals surface area contributed by atoms with Gasteiger partial charge in [0.1, 0.15) is 72.4 Å². The Morgan fingerprint density at radius 3 is 0.637 bits per heavy atom. The molecular formula is C68H68Br4O8. The Labute approximate surface area is 506 Å². The van der Waals surface area contributed by atoms with Crippen LogP contribution < -0.4 is 37.9 Å². The van der Waals surface area contributed by atoms with Crippen LogP contribution in [0.4, 0.5) is 0 Å². The van der Waals surface area contributed by atoms with Crippen molar-refractivity contribution in [3.8, 4) is 46.0 Å². The van der Waals surface area contributed by atoms with Crippen LogP contribution in [0.5, 0.6) is 46.0 Å². The quantitative estimate of drug-likeness (QED) is 0.0592. The van der Waals surface area contributed by atoms with Gasteiger partial charge in [-0.15, -0.1) is 0 Å². The Kier molecular flexibility index (Phi) is 21.4. The van der Waals surface area contributed by atoms with Crippen LogP contribution in [0.15, 0.2) is 163 Å². The van der Waals surface area contributed by atoms with Crippen LogP contribution in [0.2, 0.25) is 0 Å². The molecule has 0 N–H and O–H groups in total. The van der Waals surface area contributed by atoms with Crippen LogP contribution >= 0.6 is 63.7 Å². The normalized spacial score (nSPS) is 11.9. The van der Waals surface area contributed by atoms with Crippen molar-refractivity contribution in [1.29, 1.82) is 0 Å². The molecule has 0 saturated carbocycles. The first kappa shape index (κ1) is 58.7. The monoisotopic (exact) mass is 1330 g/mol. The predicted molar refractivity (Wildman–Crippen MR) is 334 cm³/mol. The van der Waals surface area contributed by atoms with Gasteiger partial charge in [0, 0.05) is 110 Å². The van der Waals surface area contributed by atoms with Crippen LogP contribution in [0.3, 0.4) is 0 Å². The second kappa shape index (κ2) is 29.2. The number of ether oxygens (including phenoxy) is 8. The molecule has 8 aromatic carbocycles. The number of benzene rings is 8. The van der Waals surface area contributed by atoms with E-state index in [0.29, 0.717) is 102 Å². The third-order valence-electron chi connectivity index (χ3n) is 13.6. The van der Waals surface area contributed by atoms with Crippen LogP contribution in [0.25, 0.3) is 0 Å². The van der Waals surface area contributed by atoms with Crippen LogP contribution in [-0.2, 0) is 52.1 Å². The number of rotatable bonds is 24. The number of fused-ring (bicyclic) bond motifs is 8. The fourth-order valence-corrected chi connectivity index (χ4v) is 11.4. The molecule has 8 aromatic rings. The standard InChI is InChI=1S/C68H68Br4O8/c1-5-25-73-65-49-29-51-35-58(78-42-46-18-10-14-22-62(46)70)37-53(66(51)74-26-6-2)31-55-39-60(80-44-48-20-12-16-24-64(48)72)40-56(68(55)76-28-8-4)32-54-38-59(79-43-47-19-11-15-23-63(47)71)36-52(67(54)75-27-7-3)30-50(65)34-57(33-49)77-41-45-17-9-13-21-61(45)69/h9-24,33-40H,5-8,25-32,41-44H2,1-4H3. The summed E-state index contributed by atoms with van der Waals surface area (Å²) in [6, 6.07) is 49.8. The molecule has 0 aliphatic heterocycles. The molecule has 12 heteroatoms. The van der Waals surface area contributed by atoms with Crippen molar-refractivity contribution < 1.29 is 37.9 Å². The van der Waals surface area contributed by atoms with Gasteiger partial charge in [0.05, 0.1) is 26.4 Å². The predicted octanol–water partition coefficient (Wildman–Crippen LogP) is 18.9. The SMILES string of the molecule is CCCOc1c2cc(OCc3ccccc3Br)cc1Cc1cc(OCc3ccccc3Br)cc(c1OCCC)Cc1cc(OCc3ccccc3Br)cc(c1OCCC)Cc1cc(OCc3ccccc3Br)cc(c1OCCC)C2. The Morgan fingerprint density at radius 2 is 0.463 bits per heavy atom. The molecule has 8 nitrogen and oxygen atoms in total. The van der Waals surface area contributed by atoms with E-state index in [1.165, 1.54) is 0 Å². The van der Waals surface area contributed by atoms with Crippen molar-refractivity contribution in [2.75, 3.05) is 26.4 Å². The van der Waals surface area contributed by atoms with E-state index < -0.39 is 0 Å². The largest absolute Gasteiger partial charge is 0.493 e. The molecule has 0 fully saturated rings. The zero-order valence-electron chi connectivity index (χ0n) is 45.9. The fraction of sp³-hybridized carbons (Fsp3) is 0.294. The summed E-state index contributed by atoms with van der Waals surface area (Å²) in [7, 11) is 0. The minimum Gasteiger partial charge on any atom is -0.493 e. The number of hydrogen-bond donors (Lipinski definition) is 0. The van der Waals surface area contributed by atoms with Gasteiger partial charge in [-0.3, -0.25) is 0 Å². The van der Waals surface area contributed by atoms with Crippen molar-refractivity contribution in [3.05, 3.63) is 230 Å². The van der Waals surface area contributed by atoms with E-state index >= 15 is 0 Å². The summed E-state index contributed by atoms with van der Waals surface area (Å²) in [5.74, 6) is 6.05. The molecule has 0 atom stereocenters. The van der Waals surface area contributed by atoms with E-state index in [1.54, 1.807) is 0 Å². The van der Waals surface area contributed by atoms with Crippen molar-refractivity contribution in [1.82, 2.24) is 0 Å². The van der Waals surface area contributed by atoms with E-state index in [2.05, 4.69) is 164 Å². The van der Waals surface area contributed by atoms with E-state index in [-0.39, 0.29) is 0 Å². The van der Waals surface area contributed by atoms with Gasteiger partial charge in [-0.25, -0.2) is 0 Å². The van der Waals surface area contributed by atoms with Gasteiger partial charge in [0.25, 0.3) is 0 Å². The Bertz CT molecular complexity index is 2840. The minimum atomic E-state index is 0.352. The lowest BCUT2D eigenvalue weighted by atomic mass is 9.90. The third-order valence-corrected chi connectivity index (χ3v) is 16.7. The minimum absolute atomic E-state index is 0.352. The van der Waals surface area contributed by atoms with E-state index in [4.69, 9.17) is 37.9 Å². The highest BCUT2D eigenvalue weighted by molar-refractivity contribution is 9.11. The van der Waals surface area contributed by atoms with Crippen molar-refractivity contribution in [2.45, 2.75) is 105 Å². The molecule has 1 aliphatic carbocycles. The Balaban J connectivity index is 1.31. The summed E-state index contributed by atoms with van der Waals surface area (Å²) >= 11 is 15.1. The Morgan fingerprint density at radius 1 is 0.275 bits per heavy atom. The first-order valence-corrected chi connectivity index (χ1v) is 30.9. The van der Waals surface area contributed by atoms with Crippen LogP contribution in [0.1, 0.15) is 120 Å². The molecule has 0 spiro atoms. The maximum Gasteiger partial charge on any atom is 0.126 e. The molecule has 1 aliphatic rings. The van der Waals surface area contributed by atoms with Gasteiger partial charge >= 0.3 is 0 Å². The smallest absolute Gasteiger partial charge is 0.126 e. The summed E-state index contributed by atoms with van der Waals surface area (Å²) in [5.41, 5.74) is 11.8. The summed E-state index contributed by atoms with van der Waals surface area (Å²) in [5, 5.41) is 0. The Hall–Kier alpha value is -5.92. The van der Waals surface area contributed by atoms with Gasteiger partial charge in [-0.2, -0.15) is 0 Å². The van der Waals surface area contributed by atoms with E-state index in [9.17, 15) is 0 Å². The fourth-order valence-electron chi connectivity index (χ4n) is 9.76. The van der Waals surface area contributed by atoms with Gasteiger partial charge < -0.3 is 37.9 Å². The first-order valence-electron chi connectivity index (χ1n) is 27.7. The number of hydrogen-bond acceptors (Lipinski definition) is 8. The molecule has 0 heterocycles. The molecule has 9 rings (SSSR count). The lowest BCUT2D eigenvalue weighted by molar-refractivity contribution is 0.292. The zero-order valence-corrected chi connectivity index (χ0v) is 52.3. The second-order valence-electron chi connectivity index (χ2n) is 19.9. The average Bonchev–Trinajstić information content (AvgIpc) is 3.53. The third kappa shape index (κ3) is 15.3. The van der Waals surface area contributed by atoms with E-state index in [1.807, 2.05) is 72.8 Å². The van der Waals surface area contributed by atoms with Gasteiger partial charge in [-0.05, 0) is 98.5 Å². The molecule has 8 bridgehead atoms. The first-order chi connectivity index (χ1) is 39.1. The maximum atomic E-state index is 6.99. The number of halogens is 4. The molecular weight excluding hydrogens is 1260 g/mol. The topological polar surface area (TPSA) is 73.8 Å². The summed E-state index contributed by atoms with van der Waals surface area (Å²) in [6.45, 7) is 12.0. The molecule has 0 amide bonds. The zero-order chi connectivity index (χ0) is 55.8. The van der Waals surface area contributed by atoms with Crippen LogP contribution in [-0.4, -0.2) is 26.4 Å². The van der Waals surface area contributed by atoms with Gasteiger partial charge in [0.2, 0.25) is 0 Å². The van der Waals surface area contributed by atoms with Crippen molar-refractivity contribution >= 4 is 63.7 Å². The highest BCUT2D eigenvalue weighted by Gasteiger charge is 2.26. The van der Waals surface area contributed by atoms with Crippen molar-refractivity contribution in [3.63, 3.8) is 0 Å². The van der Waals surface area contributed by atoms with Crippen molar-refractivity contribution in [2.24, 2.45) is 0 Å². The highest BCUT2D eigenvalue weighted by Crippen LogP contribution is 2.44. The second-order valence-corrected chi connectivity index (χ2v) is 23.3. The molecule has 0 unspecified atom stereocenters. The summed E-state index contributed by atoms with van der Waals surface area (Å²) in [4.78, 5) is 0.